The van der Waals surface area contributed by atoms with Gasteiger partial charge in [0.15, 0.2) is 0 Å². The largest absolute Gasteiger partial charge is 0.382 e. The molecule has 0 aliphatic rings. The molecular weight excluding hydrogens is 220 g/mol. The molecule has 0 saturated heterocycles. The van der Waals surface area contributed by atoms with E-state index in [1.54, 1.807) is 7.11 Å². The topological polar surface area (TPSA) is 57.0 Å². The summed E-state index contributed by atoms with van der Waals surface area (Å²) in [5.41, 5.74) is 5.36. The van der Waals surface area contributed by atoms with E-state index in [-0.39, 0.29) is 0 Å². The van der Waals surface area contributed by atoms with E-state index in [0.717, 1.165) is 26.3 Å². The summed E-state index contributed by atoms with van der Waals surface area (Å²) in [6.45, 7) is 10.2. The fraction of sp³-hybridized carbons (Fsp3) is 1.00. The van der Waals surface area contributed by atoms with Gasteiger partial charge in [-0.05, 0) is 13.8 Å². The van der Waals surface area contributed by atoms with Gasteiger partial charge in [0.2, 0.25) is 0 Å². The van der Waals surface area contributed by atoms with Crippen molar-refractivity contribution >= 4 is 0 Å². The van der Waals surface area contributed by atoms with Crippen molar-refractivity contribution in [2.75, 3.05) is 59.8 Å². The SMILES string of the molecule is COCCOCCN(CCOCCN)C(C)C. The highest BCUT2D eigenvalue weighted by atomic mass is 16.5. The molecule has 0 spiro atoms. The highest BCUT2D eigenvalue weighted by Crippen LogP contribution is 1.97. The first-order valence-electron chi connectivity index (χ1n) is 6.31. The Morgan fingerprint density at radius 2 is 1.53 bits per heavy atom. The molecule has 0 radical (unpaired) electrons. The van der Waals surface area contributed by atoms with Crippen molar-refractivity contribution in [2.45, 2.75) is 19.9 Å². The Morgan fingerprint density at radius 3 is 2.00 bits per heavy atom. The minimum atomic E-state index is 0.502. The van der Waals surface area contributed by atoms with Crippen molar-refractivity contribution < 1.29 is 14.2 Å². The molecule has 0 aliphatic heterocycles. The normalized spacial score (nSPS) is 11.6. The van der Waals surface area contributed by atoms with E-state index in [2.05, 4.69) is 18.7 Å². The number of methoxy groups -OCH3 is 1. The van der Waals surface area contributed by atoms with Gasteiger partial charge >= 0.3 is 0 Å². The minimum absolute atomic E-state index is 0.502. The lowest BCUT2D eigenvalue weighted by Gasteiger charge is -2.26. The van der Waals surface area contributed by atoms with E-state index >= 15 is 0 Å². The second kappa shape index (κ2) is 12.3. The molecule has 0 amide bonds. The van der Waals surface area contributed by atoms with Crippen molar-refractivity contribution in [3.8, 4) is 0 Å². The lowest BCUT2D eigenvalue weighted by molar-refractivity contribution is 0.0417. The monoisotopic (exact) mass is 248 g/mol. The minimum Gasteiger partial charge on any atom is -0.382 e. The van der Waals surface area contributed by atoms with Crippen LogP contribution in [0.15, 0.2) is 0 Å². The maximum absolute atomic E-state index is 5.45. The van der Waals surface area contributed by atoms with Crippen molar-refractivity contribution in [1.29, 1.82) is 0 Å². The molecule has 0 aromatic carbocycles. The molecule has 0 aromatic rings. The standard InChI is InChI=1S/C12H28N2O3/c1-12(2)14(5-8-16-7-4-13)6-9-17-11-10-15-3/h12H,4-11,13H2,1-3H3. The number of hydrogen-bond donors (Lipinski definition) is 1. The third-order valence-corrected chi connectivity index (χ3v) is 2.47. The molecule has 2 N–H and O–H groups in total. The fourth-order valence-corrected chi connectivity index (χ4v) is 1.42. The van der Waals surface area contributed by atoms with Gasteiger partial charge < -0.3 is 19.9 Å². The van der Waals surface area contributed by atoms with Crippen LogP contribution in [0.2, 0.25) is 0 Å². The highest BCUT2D eigenvalue weighted by molar-refractivity contribution is 4.62. The average Bonchev–Trinajstić information content (AvgIpc) is 2.31. The molecule has 0 bridgehead atoms. The van der Waals surface area contributed by atoms with Crippen LogP contribution < -0.4 is 5.73 Å². The Balaban J connectivity index is 3.53. The van der Waals surface area contributed by atoms with Crippen LogP contribution in [0.25, 0.3) is 0 Å². The fourth-order valence-electron chi connectivity index (χ4n) is 1.42. The van der Waals surface area contributed by atoms with E-state index in [1.165, 1.54) is 0 Å². The van der Waals surface area contributed by atoms with Crippen molar-refractivity contribution in [3.05, 3.63) is 0 Å². The summed E-state index contributed by atoms with van der Waals surface area (Å²) in [6.07, 6.45) is 0. The molecule has 0 saturated carbocycles. The lowest BCUT2D eigenvalue weighted by Crippen LogP contribution is -2.37. The van der Waals surface area contributed by atoms with Gasteiger partial charge in [0.1, 0.15) is 0 Å². The summed E-state index contributed by atoms with van der Waals surface area (Å²) in [5.74, 6) is 0. The van der Waals surface area contributed by atoms with Gasteiger partial charge in [-0.2, -0.15) is 0 Å². The lowest BCUT2D eigenvalue weighted by atomic mass is 10.3. The van der Waals surface area contributed by atoms with E-state index < -0.39 is 0 Å². The molecular formula is C12H28N2O3. The number of hydrogen-bond acceptors (Lipinski definition) is 5. The van der Waals surface area contributed by atoms with Gasteiger partial charge in [0.25, 0.3) is 0 Å². The van der Waals surface area contributed by atoms with E-state index in [1.807, 2.05) is 0 Å². The maximum atomic E-state index is 5.45. The summed E-state index contributed by atoms with van der Waals surface area (Å²) in [4.78, 5) is 2.34. The number of nitrogens with two attached hydrogens (primary N) is 1. The van der Waals surface area contributed by atoms with Crippen molar-refractivity contribution in [2.24, 2.45) is 5.73 Å². The van der Waals surface area contributed by atoms with Crippen molar-refractivity contribution in [3.63, 3.8) is 0 Å². The second-order valence-corrected chi connectivity index (χ2v) is 4.14. The summed E-state index contributed by atoms with van der Waals surface area (Å²) in [6, 6.07) is 0.502. The summed E-state index contributed by atoms with van der Waals surface area (Å²) in [5, 5.41) is 0. The van der Waals surface area contributed by atoms with Gasteiger partial charge in [-0.15, -0.1) is 0 Å². The number of rotatable bonds is 12. The second-order valence-electron chi connectivity index (χ2n) is 4.14. The molecule has 104 valence electrons. The van der Waals surface area contributed by atoms with Crippen LogP contribution >= 0.6 is 0 Å². The van der Waals surface area contributed by atoms with Gasteiger partial charge in [-0.1, -0.05) is 0 Å². The molecule has 0 heterocycles. The first kappa shape index (κ1) is 16.8. The van der Waals surface area contributed by atoms with Crippen LogP contribution in [-0.2, 0) is 14.2 Å². The smallest absolute Gasteiger partial charge is 0.0700 e. The van der Waals surface area contributed by atoms with Gasteiger partial charge in [0, 0.05) is 32.8 Å². The zero-order chi connectivity index (χ0) is 12.9. The first-order chi connectivity index (χ1) is 8.22. The molecule has 5 nitrogen and oxygen atoms in total. The Morgan fingerprint density at radius 1 is 0.941 bits per heavy atom. The molecule has 17 heavy (non-hydrogen) atoms. The van der Waals surface area contributed by atoms with Crippen LogP contribution in [0.3, 0.4) is 0 Å². The van der Waals surface area contributed by atoms with Gasteiger partial charge in [-0.3, -0.25) is 4.90 Å². The summed E-state index contributed by atoms with van der Waals surface area (Å²) in [7, 11) is 1.68. The van der Waals surface area contributed by atoms with E-state index in [9.17, 15) is 0 Å². The van der Waals surface area contributed by atoms with Gasteiger partial charge in [0.05, 0.1) is 33.0 Å². The quantitative estimate of drug-likeness (QED) is 0.505. The molecule has 0 unspecified atom stereocenters. The predicted octanol–water partition coefficient (Wildman–Crippen LogP) is 0.335. The highest BCUT2D eigenvalue weighted by Gasteiger charge is 2.08. The Labute approximate surface area is 105 Å². The molecule has 0 fully saturated rings. The van der Waals surface area contributed by atoms with Crippen LogP contribution in [0.5, 0.6) is 0 Å². The zero-order valence-electron chi connectivity index (χ0n) is 11.5. The summed E-state index contributed by atoms with van der Waals surface area (Å²) >= 11 is 0. The van der Waals surface area contributed by atoms with Gasteiger partial charge in [-0.25, -0.2) is 0 Å². The maximum Gasteiger partial charge on any atom is 0.0700 e. The Hall–Kier alpha value is -0.200. The van der Waals surface area contributed by atoms with Crippen LogP contribution in [-0.4, -0.2) is 70.7 Å². The van der Waals surface area contributed by atoms with E-state index in [4.69, 9.17) is 19.9 Å². The molecule has 0 aliphatic carbocycles. The Bertz CT molecular complexity index is 157. The molecule has 5 heteroatoms. The van der Waals surface area contributed by atoms with Crippen molar-refractivity contribution in [1.82, 2.24) is 4.90 Å². The average molecular weight is 248 g/mol. The zero-order valence-corrected chi connectivity index (χ0v) is 11.5. The molecule has 0 aromatic heterocycles. The summed E-state index contributed by atoms with van der Waals surface area (Å²) < 4.78 is 15.8. The Kier molecular flexibility index (Phi) is 12.1. The predicted molar refractivity (Wildman–Crippen MR) is 69.3 cm³/mol. The first-order valence-corrected chi connectivity index (χ1v) is 6.31. The molecule has 0 rings (SSSR count). The van der Waals surface area contributed by atoms with E-state index in [0.29, 0.717) is 32.4 Å². The third-order valence-electron chi connectivity index (χ3n) is 2.47. The van der Waals surface area contributed by atoms with Crippen LogP contribution in [0.1, 0.15) is 13.8 Å². The van der Waals surface area contributed by atoms with Crippen LogP contribution in [0, 0.1) is 0 Å². The van der Waals surface area contributed by atoms with Crippen LogP contribution in [0.4, 0.5) is 0 Å². The number of ether oxygens (including phenoxy) is 3. The number of nitrogens with zero attached hydrogens (tertiary/aromatic N) is 1. The third kappa shape index (κ3) is 10.7. The molecule has 0 atom stereocenters.